The molecule has 0 amide bonds. The van der Waals surface area contributed by atoms with Crippen molar-refractivity contribution < 1.29 is 45.1 Å². The van der Waals surface area contributed by atoms with Crippen LogP contribution in [0, 0.1) is 0 Å². The van der Waals surface area contributed by atoms with E-state index >= 15 is 0 Å². The molecule has 0 bridgehead atoms. The molecule has 86 valence electrons. The molecule has 0 saturated carbocycles. The molecule has 0 aliphatic heterocycles. The standard InChI is InChI=1S/C3H2F7O3P/c4-1(5,2(6,7)8)3(9,10)14(11,12)13/h(H2,11,12,13)/p-2. The van der Waals surface area contributed by atoms with Crippen molar-refractivity contribution in [1.29, 1.82) is 0 Å². The number of hydrogen-bond acceptors (Lipinski definition) is 3. The fraction of sp³-hybridized carbons (Fsp3) is 1.00. The fourth-order valence-electron chi connectivity index (χ4n) is 0.343. The van der Waals surface area contributed by atoms with Gasteiger partial charge in [0.1, 0.15) is 0 Å². The van der Waals surface area contributed by atoms with Gasteiger partial charge in [-0.1, -0.05) is 0 Å². The van der Waals surface area contributed by atoms with Gasteiger partial charge in [-0.05, 0) is 0 Å². The molecule has 0 aliphatic rings. The van der Waals surface area contributed by atoms with Gasteiger partial charge >= 0.3 is 17.8 Å². The van der Waals surface area contributed by atoms with E-state index < -0.39 is 25.4 Å². The Morgan fingerprint density at radius 1 is 0.857 bits per heavy atom. The molecule has 0 spiro atoms. The highest BCUT2D eigenvalue weighted by Crippen LogP contribution is 2.59. The van der Waals surface area contributed by atoms with Gasteiger partial charge < -0.3 is 14.4 Å². The Labute approximate surface area is 71.7 Å². The quantitative estimate of drug-likeness (QED) is 0.533. The number of halogens is 7. The van der Waals surface area contributed by atoms with Gasteiger partial charge in [0.2, 0.25) is 0 Å². The highest BCUT2D eigenvalue weighted by Gasteiger charge is 2.74. The second-order valence-electron chi connectivity index (χ2n) is 2.11. The lowest BCUT2D eigenvalue weighted by molar-refractivity contribution is -0.382. The van der Waals surface area contributed by atoms with Gasteiger partial charge in [-0.3, -0.25) is 0 Å². The maximum Gasteiger partial charge on any atom is 0.460 e. The molecule has 3 nitrogen and oxygen atoms in total. The van der Waals surface area contributed by atoms with Gasteiger partial charge in [0.05, 0.1) is 0 Å². The molecular formula is C3F7O3P-2. The highest BCUT2D eigenvalue weighted by atomic mass is 31.2. The molecule has 0 saturated heterocycles. The van der Waals surface area contributed by atoms with Gasteiger partial charge in [-0.15, -0.1) is 0 Å². The van der Waals surface area contributed by atoms with E-state index in [1.54, 1.807) is 0 Å². The van der Waals surface area contributed by atoms with E-state index in [2.05, 4.69) is 0 Å². The van der Waals surface area contributed by atoms with Crippen molar-refractivity contribution in [3.05, 3.63) is 0 Å². The van der Waals surface area contributed by atoms with Crippen LogP contribution in [0.5, 0.6) is 0 Å². The zero-order valence-electron chi connectivity index (χ0n) is 5.82. The highest BCUT2D eigenvalue weighted by molar-refractivity contribution is 7.50. The molecule has 14 heavy (non-hydrogen) atoms. The van der Waals surface area contributed by atoms with Crippen LogP contribution in [0.2, 0.25) is 0 Å². The predicted molar refractivity (Wildman–Crippen MR) is 23.6 cm³/mol. The first kappa shape index (κ1) is 13.7. The zero-order chi connectivity index (χ0) is 12.0. The Balaban J connectivity index is 5.42. The third-order valence-electron chi connectivity index (χ3n) is 1.08. The second kappa shape index (κ2) is 3.07. The second-order valence-corrected chi connectivity index (χ2v) is 3.67. The van der Waals surface area contributed by atoms with Crippen molar-refractivity contribution >= 4 is 7.60 Å². The van der Waals surface area contributed by atoms with E-state index in [-0.39, 0.29) is 0 Å². The van der Waals surface area contributed by atoms with E-state index in [0.717, 1.165) is 0 Å². The zero-order valence-corrected chi connectivity index (χ0v) is 6.71. The van der Waals surface area contributed by atoms with Crippen LogP contribution >= 0.6 is 7.60 Å². The summed E-state index contributed by atoms with van der Waals surface area (Å²) in [5.41, 5.74) is -6.70. The molecule has 0 aromatic heterocycles. The molecule has 0 rings (SSSR count). The molecule has 0 aromatic rings. The molecule has 0 atom stereocenters. The Bertz CT molecular complexity index is 264. The van der Waals surface area contributed by atoms with Crippen LogP contribution in [0.15, 0.2) is 0 Å². The maximum absolute atomic E-state index is 11.8. The van der Waals surface area contributed by atoms with Gasteiger partial charge in [0.25, 0.3) is 0 Å². The van der Waals surface area contributed by atoms with E-state index in [9.17, 15) is 45.1 Å². The summed E-state index contributed by atoms with van der Waals surface area (Å²) in [7, 11) is -7.39. The SMILES string of the molecule is O=P([O-])([O-])C(F)(F)C(F)(F)C(F)(F)F. The topological polar surface area (TPSA) is 63.2 Å². The number of rotatable bonds is 2. The lowest BCUT2D eigenvalue weighted by Crippen LogP contribution is -2.55. The molecule has 0 N–H and O–H groups in total. The van der Waals surface area contributed by atoms with Gasteiger partial charge in [-0.2, -0.15) is 30.7 Å². The first-order valence-corrected chi connectivity index (χ1v) is 4.14. The van der Waals surface area contributed by atoms with E-state index in [0.29, 0.717) is 0 Å². The third-order valence-corrected chi connectivity index (χ3v) is 2.05. The smallest absolute Gasteiger partial charge is 0.460 e. The average molecular weight is 248 g/mol. The van der Waals surface area contributed by atoms with Crippen LogP contribution in [-0.2, 0) is 4.57 Å². The third kappa shape index (κ3) is 1.86. The van der Waals surface area contributed by atoms with Crippen LogP contribution in [0.3, 0.4) is 0 Å². The summed E-state index contributed by atoms with van der Waals surface area (Å²) in [4.78, 5) is 19.0. The number of hydrogen-bond donors (Lipinski definition) is 0. The largest absolute Gasteiger partial charge is 0.806 e. The first-order valence-electron chi connectivity index (χ1n) is 2.59. The Hall–Kier alpha value is -0.340. The lowest BCUT2D eigenvalue weighted by atomic mass is 10.3. The summed E-state index contributed by atoms with van der Waals surface area (Å²) in [5, 5.41) is 0. The molecule has 11 heteroatoms. The summed E-state index contributed by atoms with van der Waals surface area (Å²) >= 11 is 0. The summed E-state index contributed by atoms with van der Waals surface area (Å²) < 4.78 is 90.4. The minimum atomic E-state index is -7.39. The molecule has 0 fully saturated rings. The van der Waals surface area contributed by atoms with Gasteiger partial charge in [0, 0.05) is 7.60 Å². The molecule has 0 heterocycles. The van der Waals surface area contributed by atoms with Crippen LogP contribution in [0.4, 0.5) is 30.7 Å². The first-order chi connectivity index (χ1) is 5.75. The van der Waals surface area contributed by atoms with Crippen LogP contribution < -0.4 is 9.79 Å². The Morgan fingerprint density at radius 2 is 1.14 bits per heavy atom. The van der Waals surface area contributed by atoms with Gasteiger partial charge in [-0.25, -0.2) is 0 Å². The summed E-state index contributed by atoms with van der Waals surface area (Å²) in [6.45, 7) is 0. The van der Waals surface area contributed by atoms with Crippen LogP contribution in [0.1, 0.15) is 0 Å². The van der Waals surface area contributed by atoms with Gasteiger partial charge in [0.15, 0.2) is 0 Å². The summed E-state index contributed by atoms with van der Waals surface area (Å²) in [6.07, 6.45) is -6.82. The molecule has 0 aliphatic carbocycles. The van der Waals surface area contributed by atoms with Crippen molar-refractivity contribution in [1.82, 2.24) is 0 Å². The molecule has 0 unspecified atom stereocenters. The van der Waals surface area contributed by atoms with Crippen molar-refractivity contribution in [2.75, 3.05) is 0 Å². The van der Waals surface area contributed by atoms with Crippen LogP contribution in [-0.4, -0.2) is 17.8 Å². The Morgan fingerprint density at radius 3 is 1.21 bits per heavy atom. The van der Waals surface area contributed by atoms with Crippen molar-refractivity contribution in [2.45, 2.75) is 17.8 Å². The average Bonchev–Trinajstić information content (AvgIpc) is 1.81. The molecule has 0 aromatic carbocycles. The monoisotopic (exact) mass is 248 g/mol. The molecular weight excluding hydrogens is 248 g/mol. The summed E-state index contributed by atoms with van der Waals surface area (Å²) in [6, 6.07) is 0. The maximum atomic E-state index is 11.8. The van der Waals surface area contributed by atoms with Crippen LogP contribution in [0.25, 0.3) is 0 Å². The minimum Gasteiger partial charge on any atom is -0.806 e. The minimum absolute atomic E-state index is 6.70. The van der Waals surface area contributed by atoms with E-state index in [1.165, 1.54) is 0 Å². The lowest BCUT2D eigenvalue weighted by Gasteiger charge is -2.41. The fourth-order valence-corrected chi connectivity index (χ4v) is 0.813. The number of alkyl halides is 7. The molecule has 0 radical (unpaired) electrons. The normalized spacial score (nSPS) is 15.8. The predicted octanol–water partition coefficient (Wildman–Crippen LogP) is 0.690. The van der Waals surface area contributed by atoms with Crippen molar-refractivity contribution in [3.8, 4) is 0 Å². The van der Waals surface area contributed by atoms with Crippen molar-refractivity contribution in [3.63, 3.8) is 0 Å². The summed E-state index contributed by atoms with van der Waals surface area (Å²) in [5.74, 6) is -6.90. The Kier molecular flexibility index (Phi) is 3.00. The van der Waals surface area contributed by atoms with E-state index in [4.69, 9.17) is 0 Å². The van der Waals surface area contributed by atoms with Crippen molar-refractivity contribution in [2.24, 2.45) is 0 Å². The van der Waals surface area contributed by atoms with E-state index in [1.807, 2.05) is 0 Å².